The fraction of sp³-hybridized carbons (Fsp3) is 0.317. The predicted molar refractivity (Wildman–Crippen MR) is 191 cm³/mol. The van der Waals surface area contributed by atoms with Gasteiger partial charge in [0, 0.05) is 17.5 Å². The monoisotopic (exact) mass is 643 g/mol. The van der Waals surface area contributed by atoms with Crippen LogP contribution in [0.3, 0.4) is 0 Å². The quantitative estimate of drug-likeness (QED) is 0.160. The van der Waals surface area contributed by atoms with Gasteiger partial charge in [-0.15, -0.1) is 0 Å². The van der Waals surface area contributed by atoms with E-state index in [9.17, 15) is 9.59 Å². The molecule has 0 saturated carbocycles. The van der Waals surface area contributed by atoms with Crippen LogP contribution in [0.1, 0.15) is 77.0 Å². The third-order valence-corrected chi connectivity index (χ3v) is 13.6. The number of rotatable bonds is 6. The lowest BCUT2D eigenvalue weighted by Gasteiger charge is -2.45. The van der Waals surface area contributed by atoms with Crippen LogP contribution in [0.2, 0.25) is 5.04 Å². The highest BCUT2D eigenvalue weighted by Crippen LogP contribution is 2.39. The van der Waals surface area contributed by atoms with E-state index in [0.29, 0.717) is 6.42 Å². The van der Waals surface area contributed by atoms with Gasteiger partial charge in [0.25, 0.3) is 8.32 Å². The number of piperidine rings is 1. The molecule has 1 heterocycles. The third-order valence-electron chi connectivity index (χ3n) is 8.62. The van der Waals surface area contributed by atoms with Gasteiger partial charge in [0.05, 0.1) is 12.6 Å². The smallest absolute Gasteiger partial charge is 0.417 e. The molecule has 4 aromatic carbocycles. The first-order valence-corrected chi connectivity index (χ1v) is 18.3. The predicted octanol–water partition coefficient (Wildman–Crippen LogP) is 7.67. The van der Waals surface area contributed by atoms with Gasteiger partial charge in [0.15, 0.2) is 0 Å². The second-order valence-electron chi connectivity index (χ2n) is 14.2. The molecule has 1 saturated heterocycles. The van der Waals surface area contributed by atoms with Crippen molar-refractivity contribution < 1.29 is 18.8 Å². The molecule has 2 amide bonds. The number of benzene rings is 4. The molecule has 5 nitrogen and oxygen atoms in total. The topological polar surface area (TPSA) is 55.8 Å². The average Bonchev–Trinajstić information content (AvgIpc) is 3.04. The van der Waals surface area contributed by atoms with E-state index in [0.717, 1.165) is 27.1 Å². The molecule has 0 aliphatic carbocycles. The molecular weight excluding hydrogens is 599 g/mol. The molecule has 242 valence electrons. The van der Waals surface area contributed by atoms with Crippen LogP contribution >= 0.6 is 0 Å². The first-order chi connectivity index (χ1) is 22.4. The van der Waals surface area contributed by atoms with E-state index < -0.39 is 26.1 Å². The summed E-state index contributed by atoms with van der Waals surface area (Å²) in [6.07, 6.45) is 0.158. The number of carbonyl (C=O) groups is 2. The van der Waals surface area contributed by atoms with Crippen LogP contribution in [-0.2, 0) is 14.0 Å². The Morgan fingerprint density at radius 2 is 1.23 bits per heavy atom. The van der Waals surface area contributed by atoms with Crippen LogP contribution in [0, 0.1) is 11.8 Å². The van der Waals surface area contributed by atoms with E-state index in [1.54, 1.807) is 0 Å². The minimum atomic E-state index is -2.92. The Bertz CT molecular complexity index is 1670. The van der Waals surface area contributed by atoms with Crippen molar-refractivity contribution in [2.45, 2.75) is 77.0 Å². The standard InChI is InChI=1S/C41H45NO4Si/c1-40(2,3)46-39(44)42-35(30-45-47(41(4,5)6,36-18-12-8-13-19-36)37-20-14-9-15-21-37)28-34(29-38(42)43)33-26-24-32(25-27-33)23-22-31-16-10-7-11-17-31/h7-21,24-27,34-35H,28-30H2,1-6H3/t34-,35+/m1/s1. The Morgan fingerprint density at radius 1 is 0.745 bits per heavy atom. The number of imide groups is 1. The van der Waals surface area contributed by atoms with Crippen LogP contribution in [0.15, 0.2) is 115 Å². The normalized spacial score (nSPS) is 17.1. The van der Waals surface area contributed by atoms with Gasteiger partial charge in [-0.2, -0.15) is 0 Å². The molecule has 0 unspecified atom stereocenters. The summed E-state index contributed by atoms with van der Waals surface area (Å²) in [5.41, 5.74) is 2.17. The number of carbonyl (C=O) groups excluding carboxylic acids is 2. The molecule has 0 N–H and O–H groups in total. The van der Waals surface area contributed by atoms with Gasteiger partial charge in [-0.25, -0.2) is 9.69 Å². The SMILES string of the molecule is CC(C)(C)OC(=O)N1C(=O)C[C@H](c2ccc(C#Cc3ccccc3)cc2)C[C@H]1CO[Si](c1ccccc1)(c1ccccc1)C(C)(C)C. The molecule has 4 aromatic rings. The molecule has 6 heteroatoms. The maximum atomic E-state index is 13.9. The van der Waals surface area contributed by atoms with Crippen molar-refractivity contribution >= 4 is 30.7 Å². The van der Waals surface area contributed by atoms with Gasteiger partial charge in [-0.1, -0.05) is 124 Å². The van der Waals surface area contributed by atoms with Crippen molar-refractivity contribution in [3.8, 4) is 11.8 Å². The van der Waals surface area contributed by atoms with E-state index in [2.05, 4.69) is 93.3 Å². The maximum Gasteiger partial charge on any atom is 0.417 e. The Balaban J connectivity index is 1.48. The summed E-state index contributed by atoms with van der Waals surface area (Å²) in [7, 11) is -2.92. The fourth-order valence-corrected chi connectivity index (χ4v) is 11.1. The molecule has 0 spiro atoms. The molecule has 0 aromatic heterocycles. The van der Waals surface area contributed by atoms with E-state index in [1.807, 2.05) is 75.4 Å². The van der Waals surface area contributed by atoms with Gasteiger partial charge >= 0.3 is 6.09 Å². The first kappa shape index (κ1) is 33.9. The average molecular weight is 644 g/mol. The van der Waals surface area contributed by atoms with Crippen molar-refractivity contribution in [2.75, 3.05) is 6.61 Å². The summed E-state index contributed by atoms with van der Waals surface area (Å²) >= 11 is 0. The zero-order chi connectivity index (χ0) is 33.7. The zero-order valence-corrected chi connectivity index (χ0v) is 29.3. The summed E-state index contributed by atoms with van der Waals surface area (Å²) in [6.45, 7) is 12.3. The lowest BCUT2D eigenvalue weighted by atomic mass is 9.85. The minimum absolute atomic E-state index is 0.0786. The highest BCUT2D eigenvalue weighted by molar-refractivity contribution is 6.99. The number of nitrogens with zero attached hydrogens (tertiary/aromatic N) is 1. The lowest BCUT2D eigenvalue weighted by Crippen LogP contribution is -2.67. The summed E-state index contributed by atoms with van der Waals surface area (Å²) in [4.78, 5) is 28.8. The number of likely N-dealkylation sites (tertiary alicyclic amines) is 1. The highest BCUT2D eigenvalue weighted by Gasteiger charge is 2.51. The first-order valence-electron chi connectivity index (χ1n) is 16.3. The van der Waals surface area contributed by atoms with Crippen LogP contribution in [0.4, 0.5) is 4.79 Å². The van der Waals surface area contributed by atoms with Gasteiger partial charge in [0.1, 0.15) is 5.60 Å². The molecule has 1 aliphatic heterocycles. The van der Waals surface area contributed by atoms with Gasteiger partial charge in [-0.05, 0) is 78.4 Å². The molecule has 1 fully saturated rings. The number of hydrogen-bond donors (Lipinski definition) is 0. The largest absolute Gasteiger partial charge is 0.443 e. The van der Waals surface area contributed by atoms with Crippen molar-refractivity contribution in [3.05, 3.63) is 132 Å². The maximum absolute atomic E-state index is 13.9. The Morgan fingerprint density at radius 3 is 1.72 bits per heavy atom. The van der Waals surface area contributed by atoms with E-state index >= 15 is 0 Å². The van der Waals surface area contributed by atoms with Crippen molar-refractivity contribution in [1.82, 2.24) is 4.90 Å². The second kappa shape index (κ2) is 14.1. The van der Waals surface area contributed by atoms with Crippen LogP contribution in [0.25, 0.3) is 0 Å². The summed E-state index contributed by atoms with van der Waals surface area (Å²) in [5.74, 6) is 6.11. The summed E-state index contributed by atoms with van der Waals surface area (Å²) in [5, 5.41) is 2.04. The van der Waals surface area contributed by atoms with Crippen LogP contribution in [0.5, 0.6) is 0 Å². The molecule has 47 heavy (non-hydrogen) atoms. The molecule has 1 aliphatic rings. The Labute approximate surface area is 281 Å². The van der Waals surface area contributed by atoms with E-state index in [-0.39, 0.29) is 29.9 Å². The number of ether oxygens (including phenoxy) is 1. The summed E-state index contributed by atoms with van der Waals surface area (Å²) in [6, 6.07) is 38.3. The van der Waals surface area contributed by atoms with Gasteiger partial charge in [0.2, 0.25) is 5.91 Å². The Kier molecular flexibility index (Phi) is 10.2. The van der Waals surface area contributed by atoms with Gasteiger partial charge in [-0.3, -0.25) is 4.79 Å². The molecule has 0 bridgehead atoms. The summed E-state index contributed by atoms with van der Waals surface area (Å²) < 4.78 is 13.0. The van der Waals surface area contributed by atoms with Crippen LogP contribution < -0.4 is 10.4 Å². The third kappa shape index (κ3) is 7.93. The van der Waals surface area contributed by atoms with Gasteiger partial charge < -0.3 is 9.16 Å². The highest BCUT2D eigenvalue weighted by atomic mass is 28.4. The molecular formula is C41H45NO4Si. The van der Waals surface area contributed by atoms with Crippen molar-refractivity contribution in [3.63, 3.8) is 0 Å². The second-order valence-corrected chi connectivity index (χ2v) is 18.6. The number of hydrogen-bond acceptors (Lipinski definition) is 4. The Hall–Kier alpha value is -4.44. The molecule has 2 atom stereocenters. The number of amides is 2. The van der Waals surface area contributed by atoms with Crippen LogP contribution in [-0.4, -0.2) is 43.5 Å². The lowest BCUT2D eigenvalue weighted by molar-refractivity contribution is -0.136. The minimum Gasteiger partial charge on any atom is -0.443 e. The van der Waals surface area contributed by atoms with E-state index in [4.69, 9.17) is 9.16 Å². The van der Waals surface area contributed by atoms with Crippen molar-refractivity contribution in [2.24, 2.45) is 0 Å². The fourth-order valence-electron chi connectivity index (χ4n) is 6.48. The molecule has 5 rings (SSSR count). The molecule has 0 radical (unpaired) electrons. The van der Waals surface area contributed by atoms with E-state index in [1.165, 1.54) is 4.90 Å². The zero-order valence-electron chi connectivity index (χ0n) is 28.3. The van der Waals surface area contributed by atoms with Crippen molar-refractivity contribution in [1.29, 1.82) is 0 Å².